The second kappa shape index (κ2) is 12.1. The first-order chi connectivity index (χ1) is 16.0. The summed E-state index contributed by atoms with van der Waals surface area (Å²) in [6.45, 7) is 1.93. The smallest absolute Gasteiger partial charge is 0.251 e. The zero-order valence-electron chi connectivity index (χ0n) is 18.8. The number of hydrogen-bond donors (Lipinski definition) is 3. The number of fused-ring (bicyclic) bond motifs is 1. The topological polar surface area (TPSA) is 116 Å². The minimum absolute atomic E-state index is 0.123. The molecular weight excluding hydrogens is 431 g/mol. The minimum Gasteiger partial charge on any atom is -0.457 e. The van der Waals surface area contributed by atoms with E-state index in [9.17, 15) is 18.8 Å². The lowest BCUT2D eigenvalue weighted by atomic mass is 10.1. The van der Waals surface area contributed by atoms with Gasteiger partial charge in [-0.25, -0.2) is 4.39 Å². The first kappa shape index (κ1) is 26.0. The van der Waals surface area contributed by atoms with Crippen LogP contribution in [-0.2, 0) is 9.59 Å². The maximum Gasteiger partial charge on any atom is 0.251 e. The van der Waals surface area contributed by atoms with Crippen LogP contribution in [0.25, 0.3) is 0 Å². The Bertz CT molecular complexity index is 935. The predicted octanol–water partition coefficient (Wildman–Crippen LogP) is 2.00. The van der Waals surface area contributed by atoms with E-state index in [4.69, 9.17) is 14.9 Å². The Morgan fingerprint density at radius 1 is 1.06 bits per heavy atom. The van der Waals surface area contributed by atoms with Crippen molar-refractivity contribution in [2.24, 2.45) is 11.8 Å². The van der Waals surface area contributed by atoms with Crippen LogP contribution in [0.2, 0.25) is 0 Å². The molecule has 178 valence electrons. The molecule has 1 saturated carbocycles. The monoisotopic (exact) mass is 460 g/mol. The fourth-order valence-corrected chi connectivity index (χ4v) is 4.08. The second-order valence-electron chi connectivity index (χ2n) is 7.52. The van der Waals surface area contributed by atoms with Gasteiger partial charge in [0.25, 0.3) is 5.91 Å². The number of hydrogen-bond acceptors (Lipinski definition) is 6. The van der Waals surface area contributed by atoms with Gasteiger partial charge in [-0.05, 0) is 66.8 Å². The van der Waals surface area contributed by atoms with Crippen LogP contribution in [-0.4, -0.2) is 66.1 Å². The molecule has 3 N–H and O–H groups in total. The van der Waals surface area contributed by atoms with Gasteiger partial charge < -0.3 is 30.0 Å². The van der Waals surface area contributed by atoms with Gasteiger partial charge in [0.15, 0.2) is 0 Å². The number of carbonyl (C=O) groups is 3. The Hall–Kier alpha value is -3.30. The van der Waals surface area contributed by atoms with Gasteiger partial charge in [0.05, 0.1) is 12.6 Å². The number of rotatable bonds is 6. The van der Waals surface area contributed by atoms with Crippen LogP contribution in [0, 0.1) is 17.7 Å². The summed E-state index contributed by atoms with van der Waals surface area (Å²) in [5, 5.41) is 16.6. The number of aldehydes is 1. The molecule has 0 aromatic heterocycles. The van der Waals surface area contributed by atoms with E-state index in [1.807, 2.05) is 0 Å². The predicted molar refractivity (Wildman–Crippen MR) is 119 cm³/mol. The summed E-state index contributed by atoms with van der Waals surface area (Å²) in [5.74, 6) is 0.843. The quantitative estimate of drug-likeness (QED) is 0.568. The van der Waals surface area contributed by atoms with Crippen molar-refractivity contribution in [1.82, 2.24) is 10.2 Å². The van der Waals surface area contributed by atoms with E-state index in [0.717, 1.165) is 20.5 Å². The normalized spacial score (nSPS) is 21.9. The Morgan fingerprint density at radius 3 is 2.15 bits per heavy atom. The van der Waals surface area contributed by atoms with Crippen molar-refractivity contribution in [2.75, 3.05) is 20.8 Å². The first-order valence-corrected chi connectivity index (χ1v) is 10.5. The number of nitrogens with one attached hydrogen (secondary N) is 1. The van der Waals surface area contributed by atoms with Crippen molar-refractivity contribution in [3.8, 4) is 11.5 Å². The molecule has 1 aliphatic heterocycles. The lowest BCUT2D eigenvalue weighted by Crippen LogP contribution is -2.45. The van der Waals surface area contributed by atoms with Crippen molar-refractivity contribution < 1.29 is 33.7 Å². The highest BCUT2D eigenvalue weighted by Crippen LogP contribution is 2.52. The number of aliphatic hydroxyl groups excluding tert-OH is 2. The molecule has 4 rings (SSSR count). The highest BCUT2D eigenvalue weighted by molar-refractivity contribution is 5.97. The molecule has 33 heavy (non-hydrogen) atoms. The molecule has 8 nitrogen and oxygen atoms in total. The number of nitrogens with zero attached hydrogens (tertiary/aromatic N) is 1. The summed E-state index contributed by atoms with van der Waals surface area (Å²) >= 11 is 0. The standard InChI is InChI=1S/C22H21FN2O4.2CH4O/c1-13-19-10-16(12-26)25(21(13)19)20(27)11-24-22(28)14-2-6-17(7-3-14)29-18-8-4-15(23)5-9-18;2*1-2/h2-9,12-13,16,19,21H,10-11H2,1H3,(H,24,28);2*2H,1H3. The lowest BCUT2D eigenvalue weighted by molar-refractivity contribution is -0.135. The molecule has 2 aliphatic rings. The van der Waals surface area contributed by atoms with Gasteiger partial charge in [-0.3, -0.25) is 9.59 Å². The molecule has 0 spiro atoms. The maximum absolute atomic E-state index is 12.9. The SMILES string of the molecule is CC1C2CC(C=O)N(C(=O)CNC(=O)c3ccc(Oc4ccc(F)cc4)cc3)C12.CO.CO. The lowest BCUT2D eigenvalue weighted by Gasteiger charge is -2.25. The largest absolute Gasteiger partial charge is 0.457 e. The number of likely N-dealkylation sites (tertiary alicyclic amines) is 1. The van der Waals surface area contributed by atoms with Crippen LogP contribution in [0.5, 0.6) is 11.5 Å². The molecule has 2 fully saturated rings. The Morgan fingerprint density at radius 2 is 1.61 bits per heavy atom. The van der Waals surface area contributed by atoms with Crippen molar-refractivity contribution in [3.63, 3.8) is 0 Å². The summed E-state index contributed by atoms with van der Waals surface area (Å²) in [6, 6.07) is 11.8. The Balaban J connectivity index is 0.000000914. The zero-order valence-corrected chi connectivity index (χ0v) is 18.8. The van der Waals surface area contributed by atoms with Crippen LogP contribution in [0.1, 0.15) is 23.7 Å². The molecule has 4 atom stereocenters. The first-order valence-electron chi connectivity index (χ1n) is 10.5. The van der Waals surface area contributed by atoms with Crippen LogP contribution >= 0.6 is 0 Å². The van der Waals surface area contributed by atoms with Crippen molar-refractivity contribution in [3.05, 3.63) is 59.9 Å². The number of halogens is 1. The average molecular weight is 461 g/mol. The highest BCUT2D eigenvalue weighted by atomic mass is 19.1. The van der Waals surface area contributed by atoms with E-state index in [1.54, 1.807) is 29.2 Å². The van der Waals surface area contributed by atoms with Crippen LogP contribution in [0.4, 0.5) is 4.39 Å². The van der Waals surface area contributed by atoms with Gasteiger partial charge in [0.2, 0.25) is 5.91 Å². The number of carbonyl (C=O) groups excluding carboxylic acids is 3. The van der Waals surface area contributed by atoms with Gasteiger partial charge in [-0.2, -0.15) is 0 Å². The zero-order chi connectivity index (χ0) is 24.5. The summed E-state index contributed by atoms with van der Waals surface area (Å²) in [7, 11) is 2.00. The van der Waals surface area contributed by atoms with E-state index in [1.165, 1.54) is 24.3 Å². The van der Waals surface area contributed by atoms with Gasteiger partial charge in [-0.15, -0.1) is 0 Å². The molecule has 0 radical (unpaired) electrons. The van der Waals surface area contributed by atoms with Gasteiger partial charge >= 0.3 is 0 Å². The van der Waals surface area contributed by atoms with Gasteiger partial charge in [0.1, 0.15) is 23.6 Å². The molecule has 2 amide bonds. The molecule has 0 bridgehead atoms. The third kappa shape index (κ3) is 6.15. The fourth-order valence-electron chi connectivity index (χ4n) is 4.08. The molecule has 2 aromatic rings. The van der Waals surface area contributed by atoms with E-state index in [-0.39, 0.29) is 36.3 Å². The minimum atomic E-state index is -0.381. The average Bonchev–Trinajstić information content (AvgIpc) is 3.30. The molecule has 1 saturated heterocycles. The number of benzene rings is 2. The van der Waals surface area contributed by atoms with Crippen LogP contribution in [0.15, 0.2) is 48.5 Å². The van der Waals surface area contributed by atoms with E-state index < -0.39 is 0 Å². The summed E-state index contributed by atoms with van der Waals surface area (Å²) in [6.07, 6.45) is 1.53. The maximum atomic E-state index is 12.9. The number of ether oxygens (including phenoxy) is 1. The van der Waals surface area contributed by atoms with Crippen molar-refractivity contribution >= 4 is 18.1 Å². The van der Waals surface area contributed by atoms with E-state index in [2.05, 4.69) is 12.2 Å². The third-order valence-electron chi connectivity index (χ3n) is 5.72. The van der Waals surface area contributed by atoms with Gasteiger partial charge in [0, 0.05) is 25.8 Å². The highest BCUT2D eigenvalue weighted by Gasteiger charge is 2.59. The summed E-state index contributed by atoms with van der Waals surface area (Å²) in [4.78, 5) is 37.7. The molecule has 1 aliphatic carbocycles. The molecule has 9 heteroatoms. The second-order valence-corrected chi connectivity index (χ2v) is 7.52. The number of aliphatic hydroxyl groups is 2. The Labute approximate surface area is 192 Å². The van der Waals surface area contributed by atoms with E-state index >= 15 is 0 Å². The molecule has 2 aromatic carbocycles. The van der Waals surface area contributed by atoms with Crippen molar-refractivity contribution in [2.45, 2.75) is 25.4 Å². The molecule has 4 unspecified atom stereocenters. The molecular formula is C24H29FN2O6. The Kier molecular flexibility index (Phi) is 9.50. The van der Waals surface area contributed by atoms with Crippen LogP contribution in [0.3, 0.4) is 0 Å². The summed E-state index contributed by atoms with van der Waals surface area (Å²) < 4.78 is 18.5. The van der Waals surface area contributed by atoms with Gasteiger partial charge in [-0.1, -0.05) is 6.92 Å². The summed E-state index contributed by atoms with van der Waals surface area (Å²) in [5.41, 5.74) is 0.385. The van der Waals surface area contributed by atoms with Crippen LogP contribution < -0.4 is 10.1 Å². The number of amides is 2. The third-order valence-corrected chi connectivity index (χ3v) is 5.72. The molecule has 1 heterocycles. The fraction of sp³-hybridized carbons (Fsp3) is 0.375. The van der Waals surface area contributed by atoms with Crippen molar-refractivity contribution in [1.29, 1.82) is 0 Å². The number of piperidine rings is 1. The van der Waals surface area contributed by atoms with E-state index in [0.29, 0.717) is 35.3 Å².